The number of amides is 1. The van der Waals surface area contributed by atoms with E-state index < -0.39 is 16.1 Å². The highest BCUT2D eigenvalue weighted by Crippen LogP contribution is 2.32. The predicted molar refractivity (Wildman–Crippen MR) is 120 cm³/mol. The Balaban J connectivity index is 1.38. The van der Waals surface area contributed by atoms with E-state index in [1.54, 1.807) is 17.5 Å². The van der Waals surface area contributed by atoms with Crippen molar-refractivity contribution in [3.05, 3.63) is 76.7 Å². The summed E-state index contributed by atoms with van der Waals surface area (Å²) in [7, 11) is -3.80. The van der Waals surface area contributed by atoms with E-state index in [9.17, 15) is 13.2 Å². The summed E-state index contributed by atoms with van der Waals surface area (Å²) < 4.78 is 39.4. The van der Waals surface area contributed by atoms with Gasteiger partial charge >= 0.3 is 0 Å². The van der Waals surface area contributed by atoms with E-state index in [4.69, 9.17) is 9.47 Å². The SMILES string of the molecule is O=C(NCc1ccc2c(c1)OCCO2)[C@@H]1Cc2ccccc2CN1S(=O)(=O)c1cccs1. The van der Waals surface area contributed by atoms with Crippen LogP contribution in [0.1, 0.15) is 16.7 Å². The number of ether oxygens (including phenoxy) is 2. The maximum atomic E-state index is 13.3. The van der Waals surface area contributed by atoms with E-state index >= 15 is 0 Å². The van der Waals surface area contributed by atoms with Crippen molar-refractivity contribution in [1.29, 1.82) is 0 Å². The molecular weight excluding hydrogens is 448 g/mol. The molecule has 7 nitrogen and oxygen atoms in total. The number of nitrogens with zero attached hydrogens (tertiary/aromatic N) is 1. The highest BCUT2D eigenvalue weighted by molar-refractivity contribution is 7.91. The lowest BCUT2D eigenvalue weighted by molar-refractivity contribution is -0.125. The maximum absolute atomic E-state index is 13.3. The number of thiophene rings is 1. The molecule has 3 aromatic rings. The molecule has 1 aromatic heterocycles. The number of benzene rings is 2. The lowest BCUT2D eigenvalue weighted by Crippen LogP contribution is -2.52. The summed E-state index contributed by atoms with van der Waals surface area (Å²) in [5.41, 5.74) is 2.76. The predicted octanol–water partition coefficient (Wildman–Crippen LogP) is 2.95. The van der Waals surface area contributed by atoms with Gasteiger partial charge in [-0.25, -0.2) is 8.42 Å². The van der Waals surface area contributed by atoms with E-state index in [1.165, 1.54) is 4.31 Å². The first-order chi connectivity index (χ1) is 15.5. The quantitative estimate of drug-likeness (QED) is 0.620. The zero-order chi connectivity index (χ0) is 22.1. The normalized spacial score (nSPS) is 18.1. The van der Waals surface area contributed by atoms with E-state index in [1.807, 2.05) is 42.5 Å². The summed E-state index contributed by atoms with van der Waals surface area (Å²) in [5.74, 6) is 1.01. The van der Waals surface area contributed by atoms with Gasteiger partial charge in [-0.3, -0.25) is 4.79 Å². The van der Waals surface area contributed by atoms with E-state index in [-0.39, 0.29) is 23.2 Å². The summed E-state index contributed by atoms with van der Waals surface area (Å²) >= 11 is 1.15. The van der Waals surface area contributed by atoms with Gasteiger partial charge in [0.05, 0.1) is 0 Å². The average Bonchev–Trinajstić information content (AvgIpc) is 3.37. The molecule has 0 spiro atoms. The third-order valence-electron chi connectivity index (χ3n) is 5.64. The molecule has 1 atom stereocenters. The molecule has 2 aliphatic heterocycles. The van der Waals surface area contributed by atoms with Crippen molar-refractivity contribution in [1.82, 2.24) is 9.62 Å². The number of nitrogens with one attached hydrogen (secondary N) is 1. The number of hydrogen-bond donors (Lipinski definition) is 1. The smallest absolute Gasteiger partial charge is 0.253 e. The second kappa shape index (κ2) is 8.57. The van der Waals surface area contributed by atoms with Crippen LogP contribution in [0.4, 0.5) is 0 Å². The fourth-order valence-electron chi connectivity index (χ4n) is 4.01. The lowest BCUT2D eigenvalue weighted by Gasteiger charge is -2.34. The zero-order valence-electron chi connectivity index (χ0n) is 17.2. The van der Waals surface area contributed by atoms with Gasteiger partial charge in [-0.15, -0.1) is 11.3 Å². The van der Waals surface area contributed by atoms with Gasteiger partial charge in [0.1, 0.15) is 23.5 Å². The molecule has 1 amide bonds. The van der Waals surface area contributed by atoms with Gasteiger partial charge in [0.2, 0.25) is 5.91 Å². The van der Waals surface area contributed by atoms with Crippen LogP contribution < -0.4 is 14.8 Å². The molecule has 0 radical (unpaired) electrons. The number of fused-ring (bicyclic) bond motifs is 2. The van der Waals surface area contributed by atoms with Gasteiger partial charge < -0.3 is 14.8 Å². The molecule has 0 unspecified atom stereocenters. The van der Waals surface area contributed by atoms with Crippen LogP contribution in [0.5, 0.6) is 11.5 Å². The Labute approximate surface area is 190 Å². The van der Waals surface area contributed by atoms with Crippen LogP contribution in [-0.2, 0) is 34.3 Å². The highest BCUT2D eigenvalue weighted by atomic mass is 32.2. The van der Waals surface area contributed by atoms with E-state index in [0.717, 1.165) is 28.0 Å². The van der Waals surface area contributed by atoms with Crippen LogP contribution in [-0.4, -0.2) is 37.9 Å². The van der Waals surface area contributed by atoms with Gasteiger partial charge in [-0.05, 0) is 46.7 Å². The molecule has 166 valence electrons. The first-order valence-electron chi connectivity index (χ1n) is 10.3. The molecule has 5 rings (SSSR count). The third-order valence-corrected chi connectivity index (χ3v) is 8.87. The first kappa shape index (κ1) is 21.0. The summed E-state index contributed by atoms with van der Waals surface area (Å²) in [4.78, 5) is 13.2. The molecule has 9 heteroatoms. The second-order valence-electron chi connectivity index (χ2n) is 7.67. The third kappa shape index (κ3) is 3.99. The summed E-state index contributed by atoms with van der Waals surface area (Å²) in [5, 5.41) is 4.64. The minimum absolute atomic E-state index is 0.165. The van der Waals surface area contributed by atoms with Gasteiger partial charge in [0, 0.05) is 13.1 Å². The molecule has 3 heterocycles. The number of hydrogen-bond acceptors (Lipinski definition) is 6. The molecule has 32 heavy (non-hydrogen) atoms. The van der Waals surface area contributed by atoms with E-state index in [0.29, 0.717) is 31.1 Å². The van der Waals surface area contributed by atoms with Gasteiger partial charge in [-0.2, -0.15) is 4.31 Å². The molecule has 0 fully saturated rings. The standard InChI is InChI=1S/C23H22N2O5S2/c26-23(24-14-16-7-8-20-21(12-16)30-10-9-29-20)19-13-17-4-1-2-5-18(17)15-25(19)32(27,28)22-6-3-11-31-22/h1-8,11-12,19H,9-10,13-15H2,(H,24,26)/t19-/m0/s1. The number of sulfonamides is 1. The molecule has 0 saturated carbocycles. The topological polar surface area (TPSA) is 84.9 Å². The molecule has 0 bridgehead atoms. The first-order valence-corrected chi connectivity index (χ1v) is 12.6. The number of carbonyl (C=O) groups is 1. The summed E-state index contributed by atoms with van der Waals surface area (Å²) in [6.45, 7) is 1.43. The number of carbonyl (C=O) groups excluding carboxylic acids is 1. The molecule has 2 aromatic carbocycles. The summed E-state index contributed by atoms with van der Waals surface area (Å²) in [6.07, 6.45) is 0.327. The van der Waals surface area contributed by atoms with Crippen molar-refractivity contribution in [2.45, 2.75) is 29.8 Å². The zero-order valence-corrected chi connectivity index (χ0v) is 18.8. The Morgan fingerprint density at radius 3 is 2.59 bits per heavy atom. The Hall–Kier alpha value is -2.88. The largest absolute Gasteiger partial charge is 0.486 e. The maximum Gasteiger partial charge on any atom is 0.253 e. The lowest BCUT2D eigenvalue weighted by atomic mass is 9.95. The second-order valence-corrected chi connectivity index (χ2v) is 10.7. The Bertz CT molecular complexity index is 1240. The fraction of sp³-hybridized carbons (Fsp3) is 0.261. The van der Waals surface area contributed by atoms with Crippen molar-refractivity contribution in [2.24, 2.45) is 0 Å². The Morgan fingerprint density at radius 1 is 1.03 bits per heavy atom. The minimum Gasteiger partial charge on any atom is -0.486 e. The van der Waals surface area contributed by atoms with Crippen LogP contribution in [0.15, 0.2) is 64.2 Å². The summed E-state index contributed by atoms with van der Waals surface area (Å²) in [6, 6.07) is 15.6. The molecular formula is C23H22N2O5S2. The molecule has 1 N–H and O–H groups in total. The van der Waals surface area contributed by atoms with Crippen molar-refractivity contribution in [2.75, 3.05) is 13.2 Å². The monoisotopic (exact) mass is 470 g/mol. The van der Waals surface area contributed by atoms with E-state index in [2.05, 4.69) is 5.32 Å². The van der Waals surface area contributed by atoms with Gasteiger partial charge in [0.15, 0.2) is 11.5 Å². The van der Waals surface area contributed by atoms with Gasteiger partial charge in [-0.1, -0.05) is 36.4 Å². The van der Waals surface area contributed by atoms with Crippen LogP contribution in [0.25, 0.3) is 0 Å². The average molecular weight is 471 g/mol. The molecule has 0 aliphatic carbocycles. The van der Waals surface area contributed by atoms with Crippen molar-refractivity contribution in [3.63, 3.8) is 0 Å². The van der Waals surface area contributed by atoms with Crippen LogP contribution in [0.2, 0.25) is 0 Å². The fourth-order valence-corrected chi connectivity index (χ4v) is 6.69. The van der Waals surface area contributed by atoms with Crippen molar-refractivity contribution in [3.8, 4) is 11.5 Å². The minimum atomic E-state index is -3.80. The van der Waals surface area contributed by atoms with Crippen LogP contribution >= 0.6 is 11.3 Å². The Morgan fingerprint density at radius 2 is 1.81 bits per heavy atom. The van der Waals surface area contributed by atoms with Crippen molar-refractivity contribution < 1.29 is 22.7 Å². The molecule has 2 aliphatic rings. The van der Waals surface area contributed by atoms with Crippen LogP contribution in [0, 0.1) is 0 Å². The van der Waals surface area contributed by atoms with Crippen molar-refractivity contribution >= 4 is 27.3 Å². The van der Waals surface area contributed by atoms with Crippen LogP contribution in [0.3, 0.4) is 0 Å². The Kier molecular flexibility index (Phi) is 5.62. The highest BCUT2D eigenvalue weighted by Gasteiger charge is 2.39. The molecule has 0 saturated heterocycles. The van der Waals surface area contributed by atoms with Gasteiger partial charge in [0.25, 0.3) is 10.0 Å². The number of rotatable bonds is 5.